The van der Waals surface area contributed by atoms with Crippen molar-refractivity contribution in [1.82, 2.24) is 5.43 Å². The summed E-state index contributed by atoms with van der Waals surface area (Å²) in [6, 6.07) is 15.1. The average Bonchev–Trinajstić information content (AvgIpc) is 2.70. The Morgan fingerprint density at radius 1 is 1.11 bits per heavy atom. The fraction of sp³-hybridized carbons (Fsp3) is 0.333. The molecule has 0 unspecified atom stereocenters. The van der Waals surface area contributed by atoms with Crippen LogP contribution in [0.5, 0.6) is 5.75 Å². The third-order valence-electron chi connectivity index (χ3n) is 4.28. The molecule has 2 aromatic carbocycles. The number of ether oxygens (including phenoxy) is 1. The van der Waals surface area contributed by atoms with Crippen LogP contribution in [0.3, 0.4) is 0 Å². The van der Waals surface area contributed by atoms with Crippen LogP contribution >= 0.6 is 0 Å². The van der Waals surface area contributed by atoms with Crippen molar-refractivity contribution in [3.05, 3.63) is 54.1 Å². The monoisotopic (exact) mass is 368 g/mol. The van der Waals surface area contributed by atoms with E-state index >= 15 is 0 Å². The summed E-state index contributed by atoms with van der Waals surface area (Å²) in [5, 5.41) is 7.18. The molecule has 0 bridgehead atoms. The lowest BCUT2D eigenvalue weighted by molar-refractivity contribution is -0.121. The van der Waals surface area contributed by atoms with Crippen molar-refractivity contribution in [1.29, 1.82) is 0 Å². The normalized spacial score (nSPS) is 11.9. The van der Waals surface area contributed by atoms with E-state index in [0.29, 0.717) is 0 Å². The molecule has 0 aliphatic carbocycles. The van der Waals surface area contributed by atoms with Gasteiger partial charge in [0.15, 0.2) is 0 Å². The fourth-order valence-corrected chi connectivity index (χ4v) is 2.63. The minimum atomic E-state index is -0.416. The number of hydrogen-bond donors (Lipinski definition) is 2. The molecule has 1 atom stereocenters. The highest BCUT2D eigenvalue weighted by molar-refractivity contribution is 5.86. The first kappa shape index (κ1) is 20.3. The Kier molecular flexibility index (Phi) is 7.67. The van der Waals surface area contributed by atoms with Gasteiger partial charge >= 0.3 is 0 Å². The van der Waals surface area contributed by atoms with Crippen LogP contribution in [0.25, 0.3) is 0 Å². The molecule has 0 aromatic heterocycles. The summed E-state index contributed by atoms with van der Waals surface area (Å²) in [4.78, 5) is 14.4. The van der Waals surface area contributed by atoms with Crippen molar-refractivity contribution in [2.45, 2.75) is 26.8 Å². The van der Waals surface area contributed by atoms with Crippen LogP contribution in [0, 0.1) is 0 Å². The van der Waals surface area contributed by atoms with E-state index in [1.165, 1.54) is 5.69 Å². The molecule has 1 amide bonds. The number of methoxy groups -OCH3 is 1. The largest absolute Gasteiger partial charge is 0.497 e. The second-order valence-corrected chi connectivity index (χ2v) is 6.09. The van der Waals surface area contributed by atoms with Gasteiger partial charge in [0.25, 0.3) is 5.91 Å². The highest BCUT2D eigenvalue weighted by Crippen LogP contribution is 2.16. The zero-order valence-electron chi connectivity index (χ0n) is 16.4. The van der Waals surface area contributed by atoms with Gasteiger partial charge in [0.1, 0.15) is 11.8 Å². The van der Waals surface area contributed by atoms with Gasteiger partial charge < -0.3 is 15.0 Å². The number of benzene rings is 2. The number of nitrogens with zero attached hydrogens (tertiary/aromatic N) is 2. The van der Waals surface area contributed by atoms with E-state index in [1.54, 1.807) is 20.2 Å². The van der Waals surface area contributed by atoms with E-state index < -0.39 is 6.04 Å². The minimum absolute atomic E-state index is 0.207. The lowest BCUT2D eigenvalue weighted by Gasteiger charge is -2.20. The molecule has 2 N–H and O–H groups in total. The molecule has 0 radical (unpaired) electrons. The predicted octanol–water partition coefficient (Wildman–Crippen LogP) is 3.49. The van der Waals surface area contributed by atoms with Gasteiger partial charge in [-0.1, -0.05) is 12.1 Å². The Labute approximate surface area is 161 Å². The van der Waals surface area contributed by atoms with Crippen LogP contribution in [0.2, 0.25) is 0 Å². The quantitative estimate of drug-likeness (QED) is 0.525. The van der Waals surface area contributed by atoms with Crippen molar-refractivity contribution in [3.8, 4) is 5.75 Å². The number of anilines is 2. The number of nitrogens with one attached hydrogen (secondary N) is 2. The molecule has 2 aromatic rings. The van der Waals surface area contributed by atoms with Crippen molar-refractivity contribution < 1.29 is 9.53 Å². The van der Waals surface area contributed by atoms with Crippen LogP contribution in [0.15, 0.2) is 53.6 Å². The number of amides is 1. The lowest BCUT2D eigenvalue weighted by atomic mass is 10.2. The molecule has 2 rings (SSSR count). The average molecular weight is 368 g/mol. The standard InChI is InChI=1S/C21H28N4O2/c1-5-25(6-2)19-11-7-17(8-12-19)15-22-24-21(26)16(3)23-18-9-13-20(27-4)14-10-18/h7-16,23H,5-6H2,1-4H3,(H,24,26)/b22-15-/t16-/m1/s1. The molecule has 0 aliphatic heterocycles. The summed E-state index contributed by atoms with van der Waals surface area (Å²) in [7, 11) is 1.62. The molecular formula is C21H28N4O2. The molecule has 0 saturated carbocycles. The van der Waals surface area contributed by atoms with Crippen molar-refractivity contribution in [2.75, 3.05) is 30.4 Å². The Morgan fingerprint density at radius 3 is 2.30 bits per heavy atom. The molecule has 0 heterocycles. The molecule has 144 valence electrons. The molecule has 6 heteroatoms. The maximum absolute atomic E-state index is 12.2. The Balaban J connectivity index is 1.86. The predicted molar refractivity (Wildman–Crippen MR) is 112 cm³/mol. The SMILES string of the molecule is CCN(CC)c1ccc(/C=N\NC(=O)[C@@H](C)Nc2ccc(OC)cc2)cc1. The number of hydrazone groups is 1. The topological polar surface area (TPSA) is 66.0 Å². The van der Waals surface area contributed by atoms with Crippen LogP contribution in [0.1, 0.15) is 26.3 Å². The molecule has 0 spiro atoms. The van der Waals surface area contributed by atoms with Crippen molar-refractivity contribution in [3.63, 3.8) is 0 Å². The zero-order valence-corrected chi connectivity index (χ0v) is 16.4. The Hall–Kier alpha value is -3.02. The lowest BCUT2D eigenvalue weighted by Crippen LogP contribution is -2.34. The summed E-state index contributed by atoms with van der Waals surface area (Å²) in [5.41, 5.74) is 5.52. The van der Waals surface area contributed by atoms with E-state index in [-0.39, 0.29) is 5.91 Å². The van der Waals surface area contributed by atoms with Crippen molar-refractivity contribution >= 4 is 23.5 Å². The summed E-state index contributed by atoms with van der Waals surface area (Å²) in [6.45, 7) is 8.00. The van der Waals surface area contributed by atoms with Crippen LogP contribution < -0.4 is 20.4 Å². The van der Waals surface area contributed by atoms with E-state index in [2.05, 4.69) is 46.7 Å². The molecule has 0 saturated heterocycles. The van der Waals surface area contributed by atoms with E-state index in [1.807, 2.05) is 36.4 Å². The summed E-state index contributed by atoms with van der Waals surface area (Å²) < 4.78 is 5.12. The van der Waals surface area contributed by atoms with E-state index in [9.17, 15) is 4.79 Å². The maximum atomic E-state index is 12.2. The second kappa shape index (κ2) is 10.2. The molecule has 27 heavy (non-hydrogen) atoms. The molecule has 6 nitrogen and oxygen atoms in total. The summed E-state index contributed by atoms with van der Waals surface area (Å²) in [6.07, 6.45) is 1.64. The Morgan fingerprint density at radius 2 is 1.74 bits per heavy atom. The van der Waals surface area contributed by atoms with Crippen molar-refractivity contribution in [2.24, 2.45) is 5.10 Å². The molecular weight excluding hydrogens is 340 g/mol. The summed E-state index contributed by atoms with van der Waals surface area (Å²) in [5.74, 6) is 0.566. The maximum Gasteiger partial charge on any atom is 0.262 e. The number of rotatable bonds is 9. The molecule has 0 fully saturated rings. The van der Waals surface area contributed by atoms with Crippen LogP contribution in [-0.2, 0) is 4.79 Å². The smallest absolute Gasteiger partial charge is 0.262 e. The summed E-state index contributed by atoms with van der Waals surface area (Å²) >= 11 is 0. The van der Waals surface area contributed by atoms with Gasteiger partial charge in [0.2, 0.25) is 0 Å². The first-order chi connectivity index (χ1) is 13.1. The third-order valence-corrected chi connectivity index (χ3v) is 4.28. The van der Waals surface area contributed by atoms with Gasteiger partial charge in [0, 0.05) is 24.5 Å². The van der Waals surface area contributed by atoms with E-state index in [4.69, 9.17) is 4.74 Å². The Bertz CT molecular complexity index is 738. The highest BCUT2D eigenvalue weighted by atomic mass is 16.5. The van der Waals surface area contributed by atoms with Crippen LogP contribution in [0.4, 0.5) is 11.4 Å². The zero-order chi connectivity index (χ0) is 19.6. The van der Waals surface area contributed by atoms with Gasteiger partial charge in [-0.25, -0.2) is 5.43 Å². The third kappa shape index (κ3) is 6.02. The van der Waals surface area contributed by atoms with Crippen LogP contribution in [-0.4, -0.2) is 38.4 Å². The van der Waals surface area contributed by atoms with Gasteiger partial charge in [0.05, 0.1) is 13.3 Å². The fourth-order valence-electron chi connectivity index (χ4n) is 2.63. The van der Waals surface area contributed by atoms with Gasteiger partial charge in [-0.3, -0.25) is 4.79 Å². The van der Waals surface area contributed by atoms with Gasteiger partial charge in [-0.05, 0) is 62.7 Å². The van der Waals surface area contributed by atoms with Gasteiger partial charge in [-0.2, -0.15) is 5.10 Å². The highest BCUT2D eigenvalue weighted by Gasteiger charge is 2.11. The number of carbonyl (C=O) groups is 1. The first-order valence-electron chi connectivity index (χ1n) is 9.15. The minimum Gasteiger partial charge on any atom is -0.497 e. The second-order valence-electron chi connectivity index (χ2n) is 6.09. The van der Waals surface area contributed by atoms with Gasteiger partial charge in [-0.15, -0.1) is 0 Å². The number of hydrogen-bond acceptors (Lipinski definition) is 5. The number of carbonyl (C=O) groups excluding carboxylic acids is 1. The van der Waals surface area contributed by atoms with E-state index in [0.717, 1.165) is 30.1 Å². The molecule has 0 aliphatic rings. The first-order valence-corrected chi connectivity index (χ1v) is 9.15.